The van der Waals surface area contributed by atoms with Crippen LogP contribution >= 0.6 is 24.6 Å². The topological polar surface area (TPSA) is 35.5 Å². The molecule has 0 saturated carbocycles. The third kappa shape index (κ3) is 16.9. The molecule has 0 radical (unpaired) electrons. The van der Waals surface area contributed by atoms with E-state index in [2.05, 4.69) is 21.0 Å². The summed E-state index contributed by atoms with van der Waals surface area (Å²) in [7, 11) is 1.54. The van der Waals surface area contributed by atoms with E-state index >= 15 is 0 Å². The highest BCUT2D eigenvalue weighted by Gasteiger charge is 2.32. The molecule has 176 valence electrons. The van der Waals surface area contributed by atoms with Crippen LogP contribution in [0.5, 0.6) is 0 Å². The Morgan fingerprint density at radius 3 is 1.76 bits per heavy atom. The highest BCUT2D eigenvalue weighted by Crippen LogP contribution is 2.46. The molecule has 0 aromatic carbocycles. The maximum atomic E-state index is 12.3. The zero-order chi connectivity index (χ0) is 20.7. The number of hydrogen-bond donors (Lipinski definition) is 0. The van der Waals surface area contributed by atoms with Gasteiger partial charge < -0.3 is 9.01 Å². The minimum atomic E-state index is -2.87. The lowest BCUT2D eigenvalue weighted by Gasteiger charge is -2.36. The average molecular weight is 500 g/mol. The first-order valence-electron chi connectivity index (χ1n) is 12.1. The van der Waals surface area contributed by atoms with Gasteiger partial charge in [0.1, 0.15) is 25.8 Å². The van der Waals surface area contributed by atoms with Crippen LogP contribution in [0.25, 0.3) is 0 Å². The van der Waals surface area contributed by atoms with Crippen molar-refractivity contribution in [3.63, 3.8) is 0 Å². The van der Waals surface area contributed by atoms with E-state index in [0.717, 1.165) is 24.0 Å². The van der Waals surface area contributed by atoms with Crippen molar-refractivity contribution in [3.8, 4) is 0 Å². The zero-order valence-corrected chi connectivity index (χ0v) is 22.4. The Morgan fingerprint density at radius 2 is 1.28 bits per heavy atom. The molecule has 0 aromatic heterocycles. The van der Waals surface area contributed by atoms with Crippen LogP contribution < -0.4 is 0 Å². The van der Waals surface area contributed by atoms with Gasteiger partial charge in [0.15, 0.2) is 0 Å². The maximum Gasteiger partial charge on any atom is 0.328 e. The molecule has 1 aliphatic rings. The van der Waals surface area contributed by atoms with E-state index in [9.17, 15) is 4.57 Å². The van der Waals surface area contributed by atoms with Crippen LogP contribution in [0.2, 0.25) is 0 Å². The summed E-state index contributed by atoms with van der Waals surface area (Å²) < 4.78 is 24.5. The zero-order valence-electron chi connectivity index (χ0n) is 19.8. The normalized spacial score (nSPS) is 24.5. The van der Waals surface area contributed by atoms with Crippen molar-refractivity contribution < 1.29 is 18.1 Å². The molecule has 29 heavy (non-hydrogen) atoms. The van der Waals surface area contributed by atoms with E-state index in [1.165, 1.54) is 89.9 Å². The molecule has 0 amide bonds. The van der Waals surface area contributed by atoms with Crippen molar-refractivity contribution in [2.75, 3.05) is 40.5 Å². The van der Waals surface area contributed by atoms with Gasteiger partial charge in [-0.2, -0.15) is 0 Å². The highest BCUT2D eigenvalue weighted by atomic mass is 79.9. The summed E-state index contributed by atoms with van der Waals surface area (Å²) in [6, 6.07) is 0. The largest absolute Gasteiger partial charge is 0.328 e. The van der Waals surface area contributed by atoms with Gasteiger partial charge in [0.25, 0.3) is 0 Å². The van der Waals surface area contributed by atoms with Gasteiger partial charge in [0, 0.05) is 6.66 Å². The van der Waals surface area contributed by atoms with E-state index in [1.54, 1.807) is 6.66 Å². The second kappa shape index (κ2) is 17.2. The SMILES string of the molecule is Br.CCCCCCCCCCCCCCCCC1C[N+](C)(C)CCOP(C)(=O)O1. The van der Waals surface area contributed by atoms with E-state index in [4.69, 9.17) is 9.05 Å². The summed E-state index contributed by atoms with van der Waals surface area (Å²) in [5.41, 5.74) is 0. The Hall–Kier alpha value is 0.590. The minimum Gasteiger partial charge on any atom is -0.324 e. The summed E-state index contributed by atoms with van der Waals surface area (Å²) in [5.74, 6) is 0. The number of quaternary nitrogens is 1. The monoisotopic (exact) mass is 498 g/mol. The second-order valence-corrected chi connectivity index (χ2v) is 11.6. The van der Waals surface area contributed by atoms with Crippen molar-refractivity contribution in [3.05, 3.63) is 0 Å². The Bertz CT molecular complexity index is 434. The molecule has 2 atom stereocenters. The summed E-state index contributed by atoms with van der Waals surface area (Å²) in [5, 5.41) is 0. The molecule has 1 aliphatic heterocycles. The summed E-state index contributed by atoms with van der Waals surface area (Å²) in [4.78, 5) is 0. The molecule has 1 rings (SSSR count). The Kier molecular flexibility index (Phi) is 17.5. The number of rotatable bonds is 15. The van der Waals surface area contributed by atoms with E-state index in [-0.39, 0.29) is 23.1 Å². The van der Waals surface area contributed by atoms with Gasteiger partial charge >= 0.3 is 7.60 Å². The predicted octanol–water partition coefficient (Wildman–Crippen LogP) is 7.75. The quantitative estimate of drug-likeness (QED) is 0.131. The van der Waals surface area contributed by atoms with Gasteiger partial charge in [-0.25, -0.2) is 0 Å². The lowest BCUT2D eigenvalue weighted by atomic mass is 10.0. The standard InChI is InChI=1S/C23H49NO3P.BrH/c1-5-6-7-8-9-10-11-12-13-14-15-16-17-18-19-23-22-24(2,3)20-21-26-28(4,25)27-23;/h23H,5-22H2,1-4H3;1H/q+1;. The first-order valence-corrected chi connectivity index (χ1v) is 14.1. The molecule has 1 saturated heterocycles. The summed E-state index contributed by atoms with van der Waals surface area (Å²) in [6.45, 7) is 6.25. The van der Waals surface area contributed by atoms with Crippen molar-refractivity contribution >= 4 is 24.6 Å². The molecule has 6 heteroatoms. The Labute approximate surface area is 192 Å². The second-order valence-electron chi connectivity index (χ2n) is 9.56. The molecule has 1 heterocycles. The van der Waals surface area contributed by atoms with Crippen LogP contribution in [0, 0.1) is 0 Å². The molecule has 0 aromatic rings. The fraction of sp³-hybridized carbons (Fsp3) is 1.00. The molecule has 0 N–H and O–H groups in total. The lowest BCUT2D eigenvalue weighted by molar-refractivity contribution is -0.893. The first kappa shape index (κ1) is 29.6. The lowest BCUT2D eigenvalue weighted by Crippen LogP contribution is -2.48. The van der Waals surface area contributed by atoms with Gasteiger partial charge in [-0.05, 0) is 6.42 Å². The summed E-state index contributed by atoms with van der Waals surface area (Å²) in [6.07, 6.45) is 20.3. The van der Waals surface area contributed by atoms with E-state index in [0.29, 0.717) is 6.61 Å². The van der Waals surface area contributed by atoms with Gasteiger partial charge in [-0.1, -0.05) is 96.8 Å². The van der Waals surface area contributed by atoms with E-state index in [1.807, 2.05) is 0 Å². The average Bonchev–Trinajstić information content (AvgIpc) is 2.59. The predicted molar refractivity (Wildman–Crippen MR) is 131 cm³/mol. The van der Waals surface area contributed by atoms with Crippen LogP contribution in [0.1, 0.15) is 103 Å². The third-order valence-electron chi connectivity index (χ3n) is 5.94. The molecule has 0 spiro atoms. The molecule has 2 unspecified atom stereocenters. The third-order valence-corrected chi connectivity index (χ3v) is 7.27. The first-order chi connectivity index (χ1) is 13.3. The maximum absolute atomic E-state index is 12.3. The fourth-order valence-corrected chi connectivity index (χ4v) is 5.33. The smallest absolute Gasteiger partial charge is 0.324 e. The number of hydrogen-bond acceptors (Lipinski definition) is 3. The molecule has 1 fully saturated rings. The molecular formula is C23H50BrNO3P+. The number of likely N-dealkylation sites (N-methyl/N-ethyl adjacent to an activating group) is 1. The van der Waals surface area contributed by atoms with Gasteiger partial charge in [0.05, 0.1) is 14.1 Å². The fourth-order valence-electron chi connectivity index (χ4n) is 4.14. The van der Waals surface area contributed by atoms with Gasteiger partial charge in [0.2, 0.25) is 0 Å². The van der Waals surface area contributed by atoms with Crippen molar-refractivity contribution in [1.29, 1.82) is 0 Å². The summed E-state index contributed by atoms with van der Waals surface area (Å²) >= 11 is 0. The molecule has 0 bridgehead atoms. The Balaban J connectivity index is 0.00000784. The number of nitrogens with zero attached hydrogens (tertiary/aromatic N) is 1. The van der Waals surface area contributed by atoms with E-state index < -0.39 is 7.60 Å². The molecule has 4 nitrogen and oxygen atoms in total. The molecular weight excluding hydrogens is 449 g/mol. The van der Waals surface area contributed by atoms with Crippen molar-refractivity contribution in [2.24, 2.45) is 0 Å². The van der Waals surface area contributed by atoms with Crippen molar-refractivity contribution in [1.82, 2.24) is 0 Å². The molecule has 0 aliphatic carbocycles. The van der Waals surface area contributed by atoms with Crippen LogP contribution in [-0.4, -0.2) is 51.0 Å². The van der Waals surface area contributed by atoms with Crippen LogP contribution in [-0.2, 0) is 13.6 Å². The van der Waals surface area contributed by atoms with Crippen LogP contribution in [0.3, 0.4) is 0 Å². The van der Waals surface area contributed by atoms with Crippen molar-refractivity contribution in [2.45, 2.75) is 109 Å². The van der Waals surface area contributed by atoms with Crippen LogP contribution in [0.15, 0.2) is 0 Å². The highest BCUT2D eigenvalue weighted by molar-refractivity contribution is 8.93. The minimum absolute atomic E-state index is 0. The number of unbranched alkanes of at least 4 members (excludes halogenated alkanes) is 13. The van der Waals surface area contributed by atoms with Gasteiger partial charge in [-0.15, -0.1) is 17.0 Å². The van der Waals surface area contributed by atoms with Crippen LogP contribution in [0.4, 0.5) is 0 Å². The number of halogens is 1. The van der Waals surface area contributed by atoms with Gasteiger partial charge in [-0.3, -0.25) is 9.09 Å². The Morgan fingerprint density at radius 1 is 0.828 bits per heavy atom.